The van der Waals surface area contributed by atoms with Crippen LogP contribution in [0.1, 0.15) is 36.0 Å². The molecule has 2 atom stereocenters. The number of ether oxygens (including phenoxy) is 2. The van der Waals surface area contributed by atoms with E-state index in [1.165, 1.54) is 25.7 Å². The molecule has 20 heavy (non-hydrogen) atoms. The lowest BCUT2D eigenvalue weighted by atomic mass is 10.0. The van der Waals surface area contributed by atoms with Gasteiger partial charge in [-0.3, -0.25) is 4.79 Å². The maximum Gasteiger partial charge on any atom is 0.171 e. The third-order valence-electron chi connectivity index (χ3n) is 4.69. The molecule has 3 nitrogen and oxygen atoms in total. The molecule has 0 N–H and O–H groups in total. The molecule has 0 aliphatic heterocycles. The Morgan fingerprint density at radius 1 is 1.15 bits per heavy atom. The highest BCUT2D eigenvalue weighted by molar-refractivity contribution is 9.10. The number of Topliss-reactive ketones (excluding diaryl/α,β-unsaturated/α-hetero) is 1. The lowest BCUT2D eigenvalue weighted by Gasteiger charge is -2.12. The second kappa shape index (κ2) is 5.40. The Morgan fingerprint density at radius 3 is 2.35 bits per heavy atom. The summed E-state index contributed by atoms with van der Waals surface area (Å²) in [7, 11) is 3.20. The fourth-order valence-corrected chi connectivity index (χ4v) is 4.24. The van der Waals surface area contributed by atoms with Crippen molar-refractivity contribution in [2.45, 2.75) is 25.7 Å². The summed E-state index contributed by atoms with van der Waals surface area (Å²) in [4.78, 5) is 12.8. The molecule has 0 saturated heterocycles. The minimum absolute atomic E-state index is 0.205. The maximum absolute atomic E-state index is 12.8. The summed E-state index contributed by atoms with van der Waals surface area (Å²) in [6, 6.07) is 3.62. The van der Waals surface area contributed by atoms with Gasteiger partial charge in [0, 0.05) is 16.5 Å². The number of rotatable bonds is 4. The van der Waals surface area contributed by atoms with Crippen molar-refractivity contribution < 1.29 is 14.3 Å². The first-order valence-electron chi connectivity index (χ1n) is 7.13. The summed E-state index contributed by atoms with van der Waals surface area (Å²) in [5.74, 6) is 2.94. The predicted molar refractivity (Wildman–Crippen MR) is 80.5 cm³/mol. The molecule has 2 aliphatic carbocycles. The zero-order valence-corrected chi connectivity index (χ0v) is 13.4. The second-order valence-corrected chi connectivity index (χ2v) is 6.54. The van der Waals surface area contributed by atoms with Crippen LogP contribution < -0.4 is 9.47 Å². The predicted octanol–water partition coefficient (Wildman–Crippen LogP) is 4.09. The molecule has 1 aromatic rings. The minimum atomic E-state index is 0.205. The van der Waals surface area contributed by atoms with Crippen molar-refractivity contribution in [1.29, 1.82) is 0 Å². The Morgan fingerprint density at radius 2 is 1.80 bits per heavy atom. The lowest BCUT2D eigenvalue weighted by Crippen LogP contribution is -2.08. The van der Waals surface area contributed by atoms with Crippen LogP contribution in [-0.2, 0) is 0 Å². The third-order valence-corrected chi connectivity index (χ3v) is 5.31. The van der Waals surface area contributed by atoms with E-state index < -0.39 is 0 Å². The van der Waals surface area contributed by atoms with E-state index in [4.69, 9.17) is 9.47 Å². The summed E-state index contributed by atoms with van der Waals surface area (Å²) in [6.45, 7) is 0. The van der Waals surface area contributed by atoms with Crippen molar-refractivity contribution in [3.63, 3.8) is 0 Å². The molecule has 2 fully saturated rings. The number of methoxy groups -OCH3 is 2. The number of carbonyl (C=O) groups excluding carboxylic acids is 1. The smallest absolute Gasteiger partial charge is 0.171 e. The average Bonchev–Trinajstić information content (AvgIpc) is 3.19. The van der Waals surface area contributed by atoms with Crippen LogP contribution in [0, 0.1) is 17.8 Å². The second-order valence-electron chi connectivity index (χ2n) is 5.69. The van der Waals surface area contributed by atoms with Gasteiger partial charge in [-0.05, 0) is 46.7 Å². The van der Waals surface area contributed by atoms with Gasteiger partial charge in [0.15, 0.2) is 5.78 Å². The zero-order valence-electron chi connectivity index (χ0n) is 11.8. The van der Waals surface area contributed by atoms with Crippen LogP contribution in [0.3, 0.4) is 0 Å². The first-order chi connectivity index (χ1) is 9.67. The first-order valence-corrected chi connectivity index (χ1v) is 7.92. The maximum atomic E-state index is 12.8. The molecule has 0 amide bonds. The summed E-state index contributed by atoms with van der Waals surface area (Å²) >= 11 is 3.49. The Labute approximate surface area is 127 Å². The normalized spacial score (nSPS) is 27.6. The van der Waals surface area contributed by atoms with Crippen molar-refractivity contribution in [1.82, 2.24) is 0 Å². The summed E-state index contributed by atoms with van der Waals surface area (Å²) in [5, 5.41) is 0. The van der Waals surface area contributed by atoms with E-state index in [0.717, 1.165) is 4.47 Å². The van der Waals surface area contributed by atoms with Gasteiger partial charge in [-0.25, -0.2) is 0 Å². The van der Waals surface area contributed by atoms with Gasteiger partial charge in [-0.15, -0.1) is 0 Å². The molecular formula is C16H19BrO3. The van der Waals surface area contributed by atoms with E-state index in [9.17, 15) is 4.79 Å². The molecule has 2 unspecified atom stereocenters. The molecule has 0 bridgehead atoms. The van der Waals surface area contributed by atoms with Crippen molar-refractivity contribution in [2.24, 2.45) is 17.8 Å². The first kappa shape index (κ1) is 13.9. The van der Waals surface area contributed by atoms with Crippen LogP contribution in [0.5, 0.6) is 11.5 Å². The largest absolute Gasteiger partial charge is 0.497 e. The van der Waals surface area contributed by atoms with E-state index in [2.05, 4.69) is 15.9 Å². The number of hydrogen-bond donors (Lipinski definition) is 0. The standard InChI is InChI=1S/C16H19BrO3/c1-19-9-7-12(17)15(13(8-9)20-2)16(18)14-10-5-3-4-6-11(10)14/h7-8,10-11,14H,3-6H2,1-2H3. The number of halogens is 1. The van der Waals surface area contributed by atoms with Crippen LogP contribution in [0.2, 0.25) is 0 Å². The van der Waals surface area contributed by atoms with Crippen molar-refractivity contribution >= 4 is 21.7 Å². The van der Waals surface area contributed by atoms with E-state index in [1.807, 2.05) is 6.07 Å². The van der Waals surface area contributed by atoms with Gasteiger partial charge in [0.05, 0.1) is 19.8 Å². The number of benzene rings is 1. The zero-order chi connectivity index (χ0) is 14.3. The molecule has 1 aromatic carbocycles. The monoisotopic (exact) mass is 338 g/mol. The highest BCUT2D eigenvalue weighted by atomic mass is 79.9. The van der Waals surface area contributed by atoms with Crippen LogP contribution in [0.4, 0.5) is 0 Å². The highest BCUT2D eigenvalue weighted by Gasteiger charge is 2.55. The van der Waals surface area contributed by atoms with Gasteiger partial charge < -0.3 is 9.47 Å². The molecule has 0 spiro atoms. The van der Waals surface area contributed by atoms with Crippen LogP contribution in [0.25, 0.3) is 0 Å². The fraction of sp³-hybridized carbons (Fsp3) is 0.562. The van der Waals surface area contributed by atoms with Crippen LogP contribution in [0.15, 0.2) is 16.6 Å². The molecule has 4 heteroatoms. The molecule has 0 aromatic heterocycles. The number of fused-ring (bicyclic) bond motifs is 1. The summed E-state index contributed by atoms with van der Waals surface area (Å²) in [5.41, 5.74) is 0.674. The molecule has 2 aliphatic rings. The van der Waals surface area contributed by atoms with E-state index in [1.54, 1.807) is 20.3 Å². The van der Waals surface area contributed by atoms with E-state index in [-0.39, 0.29) is 11.7 Å². The molecule has 0 heterocycles. The number of ketones is 1. The lowest BCUT2D eigenvalue weighted by molar-refractivity contribution is 0.0952. The Hall–Kier alpha value is -1.03. The SMILES string of the molecule is COc1cc(Br)c(C(=O)C2C3CCCCC32)c(OC)c1. The highest BCUT2D eigenvalue weighted by Crippen LogP contribution is 2.57. The molecule has 108 valence electrons. The van der Waals surface area contributed by atoms with Gasteiger partial charge in [-0.2, -0.15) is 0 Å². The average molecular weight is 339 g/mol. The van der Waals surface area contributed by atoms with Gasteiger partial charge >= 0.3 is 0 Å². The van der Waals surface area contributed by atoms with E-state index >= 15 is 0 Å². The molecule has 3 rings (SSSR count). The Balaban J connectivity index is 1.91. The van der Waals surface area contributed by atoms with Crippen LogP contribution >= 0.6 is 15.9 Å². The van der Waals surface area contributed by atoms with Crippen molar-refractivity contribution in [2.75, 3.05) is 14.2 Å². The Kier molecular flexibility index (Phi) is 3.76. The van der Waals surface area contributed by atoms with Crippen molar-refractivity contribution in [3.05, 3.63) is 22.2 Å². The van der Waals surface area contributed by atoms with E-state index in [0.29, 0.717) is 28.9 Å². The quantitative estimate of drug-likeness (QED) is 0.776. The number of carbonyl (C=O) groups is 1. The topological polar surface area (TPSA) is 35.5 Å². The minimum Gasteiger partial charge on any atom is -0.497 e. The fourth-order valence-electron chi connectivity index (χ4n) is 3.62. The third kappa shape index (κ3) is 2.24. The summed E-state index contributed by atoms with van der Waals surface area (Å²) < 4.78 is 11.4. The molecule has 2 saturated carbocycles. The van der Waals surface area contributed by atoms with Crippen molar-refractivity contribution in [3.8, 4) is 11.5 Å². The summed E-state index contributed by atoms with van der Waals surface area (Å²) in [6.07, 6.45) is 4.95. The molecular weight excluding hydrogens is 320 g/mol. The number of hydrogen-bond acceptors (Lipinski definition) is 3. The van der Waals surface area contributed by atoms with Gasteiger partial charge in [0.2, 0.25) is 0 Å². The van der Waals surface area contributed by atoms with Gasteiger partial charge in [-0.1, -0.05) is 12.8 Å². The molecule has 0 radical (unpaired) electrons. The van der Waals surface area contributed by atoms with Gasteiger partial charge in [0.1, 0.15) is 11.5 Å². The van der Waals surface area contributed by atoms with Crippen LogP contribution in [-0.4, -0.2) is 20.0 Å². The van der Waals surface area contributed by atoms with Gasteiger partial charge in [0.25, 0.3) is 0 Å². The Bertz CT molecular complexity index is 529.